The summed E-state index contributed by atoms with van der Waals surface area (Å²) in [6.45, 7) is 0. The van der Waals surface area contributed by atoms with E-state index in [1.54, 1.807) is 0 Å². The van der Waals surface area contributed by atoms with E-state index in [-0.39, 0.29) is 0 Å². The van der Waals surface area contributed by atoms with Gasteiger partial charge in [-0.2, -0.15) is 0 Å². The van der Waals surface area contributed by atoms with Crippen LogP contribution in [0.3, 0.4) is 0 Å². The number of fused-ring (bicyclic) bond motifs is 18. The van der Waals surface area contributed by atoms with Crippen molar-refractivity contribution in [1.29, 1.82) is 0 Å². The Bertz CT molecular complexity index is 9380. The zero-order valence-corrected chi connectivity index (χ0v) is 75.5. The first-order valence-corrected chi connectivity index (χ1v) is 47.4. The standard InChI is InChI=1S/C48H32N2.2C42H28N2/c1-2-14-33(15-3-1)34-16-10-17-35(30-34)36-18-11-19-37(31-36)38-20-12-21-39(32-38)49-45-27-9-6-24-42(45)48-46(49)28-13-29-47(48)50-43-25-7-4-22-40(43)41-23-5-8-26-44(41)50;1-3-14-29(15-4-1)31-26-32(30-16-5-2-6-17-30)28-33(27-31)43-39-23-12-9-20-36(39)42-40(43)24-13-25-41(42)44-37-21-10-7-18-34(37)35-19-8-11-22-38(35)44;1-2-13-29(14-3-1)30-15-10-16-31(27-30)32-17-11-18-33(28-32)43-39-24-9-6-21-36(39)42-40(43)25-12-26-41(42)44-37-22-7-4-19-34(37)35-20-5-8-23-38(35)44/h1-32H;2*1-28H. The lowest BCUT2D eigenvalue weighted by Crippen LogP contribution is -1.97. The Kier molecular flexibility index (Phi) is 19.9. The molecule has 0 bridgehead atoms. The summed E-state index contributed by atoms with van der Waals surface area (Å²) in [5, 5.41) is 15.1. The van der Waals surface area contributed by atoms with Crippen LogP contribution in [0, 0.1) is 0 Å². The molecular weight excluding hydrogens is 1670 g/mol. The number of rotatable bonds is 13. The second-order valence-electron chi connectivity index (χ2n) is 35.8. The lowest BCUT2D eigenvalue weighted by atomic mass is 9.96. The molecule has 6 heterocycles. The minimum atomic E-state index is 1.14. The zero-order chi connectivity index (χ0) is 91.1. The van der Waals surface area contributed by atoms with Crippen LogP contribution in [0.15, 0.2) is 534 Å². The van der Waals surface area contributed by atoms with E-state index in [0.29, 0.717) is 0 Å². The van der Waals surface area contributed by atoms with Crippen LogP contribution in [-0.4, -0.2) is 27.4 Å². The molecule has 0 N–H and O–H groups in total. The molecule has 0 aliphatic heterocycles. The van der Waals surface area contributed by atoms with Gasteiger partial charge in [-0.25, -0.2) is 0 Å². The first kappa shape index (κ1) is 80.5. The number of nitrogens with zero attached hydrogens (tertiary/aromatic N) is 6. The summed E-state index contributed by atoms with van der Waals surface area (Å²) in [4.78, 5) is 0. The largest absolute Gasteiger partial charge is 0.309 e. The normalized spacial score (nSPS) is 11.6. The molecule has 6 aromatic heterocycles. The van der Waals surface area contributed by atoms with Crippen molar-refractivity contribution in [2.24, 2.45) is 0 Å². The Hall–Kier alpha value is -18.4. The van der Waals surface area contributed by atoms with Crippen LogP contribution in [0.4, 0.5) is 0 Å². The lowest BCUT2D eigenvalue weighted by Gasteiger charge is -2.14. The molecule has 138 heavy (non-hydrogen) atoms. The highest BCUT2D eigenvalue weighted by atomic mass is 15.0. The van der Waals surface area contributed by atoms with Gasteiger partial charge in [-0.05, 0) is 230 Å². The molecule has 0 saturated carbocycles. The second kappa shape index (κ2) is 34.0. The van der Waals surface area contributed by atoms with Crippen LogP contribution in [0.1, 0.15) is 0 Å². The van der Waals surface area contributed by atoms with Crippen molar-refractivity contribution in [2.75, 3.05) is 0 Å². The van der Waals surface area contributed by atoms with Crippen LogP contribution in [0.25, 0.3) is 243 Å². The molecule has 0 amide bonds. The van der Waals surface area contributed by atoms with Crippen molar-refractivity contribution < 1.29 is 0 Å². The summed E-state index contributed by atoms with van der Waals surface area (Å²) in [5.74, 6) is 0. The minimum absolute atomic E-state index is 1.14. The Labute approximate surface area is 798 Å². The third kappa shape index (κ3) is 13.8. The van der Waals surface area contributed by atoms with Gasteiger partial charge in [-0.1, -0.05) is 382 Å². The zero-order valence-electron chi connectivity index (χ0n) is 75.5. The molecule has 646 valence electrons. The second-order valence-corrected chi connectivity index (χ2v) is 35.8. The van der Waals surface area contributed by atoms with Crippen molar-refractivity contribution in [2.45, 2.75) is 0 Å². The fourth-order valence-electron chi connectivity index (χ4n) is 21.8. The molecule has 6 heteroatoms. The maximum absolute atomic E-state index is 2.45. The van der Waals surface area contributed by atoms with E-state index >= 15 is 0 Å². The highest BCUT2D eigenvalue weighted by Gasteiger charge is 2.26. The van der Waals surface area contributed by atoms with E-state index in [0.717, 1.165) is 17.1 Å². The maximum Gasteiger partial charge on any atom is 0.0562 e. The summed E-state index contributed by atoms with van der Waals surface area (Å²) >= 11 is 0. The summed E-state index contributed by atoms with van der Waals surface area (Å²) in [5.41, 5.74) is 38.4. The quantitative estimate of drug-likeness (QED) is 0.110. The van der Waals surface area contributed by atoms with E-state index in [4.69, 9.17) is 0 Å². The molecule has 28 aromatic rings. The van der Waals surface area contributed by atoms with Gasteiger partial charge in [0.25, 0.3) is 0 Å². The van der Waals surface area contributed by atoms with Crippen molar-refractivity contribution in [1.82, 2.24) is 27.4 Å². The molecule has 0 radical (unpaired) electrons. The van der Waals surface area contributed by atoms with E-state index < -0.39 is 0 Å². The average Bonchev–Trinajstić information content (AvgIpc) is 1.57. The fraction of sp³-hybridized carbons (Fsp3) is 0. The topological polar surface area (TPSA) is 29.6 Å². The van der Waals surface area contributed by atoms with E-state index in [2.05, 4.69) is 561 Å². The Morgan fingerprint density at radius 3 is 0.529 bits per heavy atom. The third-order valence-corrected chi connectivity index (χ3v) is 27.9. The van der Waals surface area contributed by atoms with Crippen molar-refractivity contribution in [3.8, 4) is 112 Å². The molecule has 28 rings (SSSR count). The van der Waals surface area contributed by atoms with Gasteiger partial charge in [0.1, 0.15) is 0 Å². The maximum atomic E-state index is 2.45. The van der Waals surface area contributed by atoms with Gasteiger partial charge in [0, 0.05) is 81.7 Å². The number of aromatic nitrogens is 6. The minimum Gasteiger partial charge on any atom is -0.309 e. The number of hydrogen-bond donors (Lipinski definition) is 0. The predicted molar refractivity (Wildman–Crippen MR) is 583 cm³/mol. The Morgan fingerprint density at radius 1 is 0.0942 bits per heavy atom. The van der Waals surface area contributed by atoms with Crippen molar-refractivity contribution in [3.63, 3.8) is 0 Å². The van der Waals surface area contributed by atoms with E-state index in [1.807, 2.05) is 0 Å². The number of hydrogen-bond acceptors (Lipinski definition) is 0. The molecular formula is C132H88N6. The van der Waals surface area contributed by atoms with E-state index in [1.165, 1.54) is 226 Å². The SMILES string of the molecule is c1ccc(-c2cc(-c3ccccc3)cc(-n3c4ccccc4c4c(-n5c6ccccc6c6ccccc65)cccc43)c2)cc1.c1ccc(-c2cccc(-c3cccc(-c4cccc(-n5c6ccccc6c6c(-n7c8ccccc8c8ccccc87)cccc65)c4)c3)c2)cc1.c1ccc(-c2cccc(-c3cccc(-n4c5ccccc5c5c(-n6c7ccccc7c7ccccc76)cccc54)c3)c2)cc1. The van der Waals surface area contributed by atoms with Crippen molar-refractivity contribution in [3.05, 3.63) is 534 Å². The molecule has 0 aliphatic rings. The van der Waals surface area contributed by atoms with Crippen LogP contribution in [0.2, 0.25) is 0 Å². The number of para-hydroxylation sites is 9. The van der Waals surface area contributed by atoms with Crippen LogP contribution >= 0.6 is 0 Å². The van der Waals surface area contributed by atoms with Gasteiger partial charge in [-0.3, -0.25) is 0 Å². The number of benzene rings is 22. The van der Waals surface area contributed by atoms with Crippen LogP contribution in [0.5, 0.6) is 0 Å². The smallest absolute Gasteiger partial charge is 0.0562 e. The van der Waals surface area contributed by atoms with Gasteiger partial charge in [0.05, 0.1) is 83.3 Å². The first-order chi connectivity index (χ1) is 68.5. The van der Waals surface area contributed by atoms with Gasteiger partial charge >= 0.3 is 0 Å². The van der Waals surface area contributed by atoms with Gasteiger partial charge in [0.2, 0.25) is 0 Å². The summed E-state index contributed by atoms with van der Waals surface area (Å²) in [6.07, 6.45) is 0. The molecule has 0 spiro atoms. The van der Waals surface area contributed by atoms with Crippen LogP contribution in [-0.2, 0) is 0 Å². The summed E-state index contributed by atoms with van der Waals surface area (Å²) in [6, 6.07) is 193. The Balaban J connectivity index is 0.000000107. The van der Waals surface area contributed by atoms with Gasteiger partial charge in [0.15, 0.2) is 0 Å². The first-order valence-electron chi connectivity index (χ1n) is 47.4. The molecule has 6 nitrogen and oxygen atoms in total. The summed E-state index contributed by atoms with van der Waals surface area (Å²) in [7, 11) is 0. The molecule has 0 fully saturated rings. The van der Waals surface area contributed by atoms with Gasteiger partial charge in [-0.15, -0.1) is 0 Å². The third-order valence-electron chi connectivity index (χ3n) is 27.9. The summed E-state index contributed by atoms with van der Waals surface area (Å²) < 4.78 is 14.6. The van der Waals surface area contributed by atoms with Crippen LogP contribution < -0.4 is 0 Å². The Morgan fingerprint density at radius 2 is 0.261 bits per heavy atom. The fourth-order valence-corrected chi connectivity index (χ4v) is 21.8. The average molecular weight is 1760 g/mol. The van der Waals surface area contributed by atoms with Gasteiger partial charge < -0.3 is 27.4 Å². The lowest BCUT2D eigenvalue weighted by molar-refractivity contribution is 1.17. The molecule has 22 aromatic carbocycles. The highest BCUT2D eigenvalue weighted by Crippen LogP contribution is 2.47. The molecule has 0 unspecified atom stereocenters. The molecule has 0 aliphatic carbocycles. The molecule has 0 atom stereocenters. The molecule has 0 saturated heterocycles. The monoisotopic (exact) mass is 1760 g/mol. The van der Waals surface area contributed by atoms with E-state index in [9.17, 15) is 0 Å². The highest BCUT2D eigenvalue weighted by molar-refractivity contribution is 6.20. The van der Waals surface area contributed by atoms with Crippen molar-refractivity contribution >= 4 is 131 Å². The predicted octanol–water partition coefficient (Wildman–Crippen LogP) is 35.3.